The summed E-state index contributed by atoms with van der Waals surface area (Å²) in [7, 11) is 4.23. The Morgan fingerprint density at radius 1 is 1.21 bits per heavy atom. The molecule has 2 aromatic rings. The van der Waals surface area contributed by atoms with Crippen molar-refractivity contribution >= 4 is 26.8 Å². The molecule has 0 atom stereocenters. The molecule has 0 amide bonds. The maximum Gasteiger partial charge on any atom is 0.0492 e. The van der Waals surface area contributed by atoms with Crippen molar-refractivity contribution in [3.8, 4) is 0 Å². The molecule has 0 aliphatic heterocycles. The van der Waals surface area contributed by atoms with Crippen molar-refractivity contribution in [3.63, 3.8) is 0 Å². The molecule has 0 radical (unpaired) electrons. The van der Waals surface area contributed by atoms with E-state index in [0.29, 0.717) is 0 Å². The average Bonchev–Trinajstić information content (AvgIpc) is 2.78. The van der Waals surface area contributed by atoms with E-state index in [1.165, 1.54) is 21.8 Å². The van der Waals surface area contributed by atoms with Crippen molar-refractivity contribution in [1.29, 1.82) is 0 Å². The van der Waals surface area contributed by atoms with Crippen LogP contribution in [0.25, 0.3) is 10.9 Å². The van der Waals surface area contributed by atoms with Gasteiger partial charge in [0.05, 0.1) is 0 Å². The maximum atomic E-state index is 3.59. The van der Waals surface area contributed by atoms with Crippen LogP contribution in [0.15, 0.2) is 34.9 Å². The minimum absolute atomic E-state index is 1.02. The second kappa shape index (κ2) is 7.08. The monoisotopic (exact) mass is 323 g/mol. The van der Waals surface area contributed by atoms with Gasteiger partial charge in [-0.05, 0) is 51.8 Å². The Kier molecular flexibility index (Phi) is 5.43. The second-order valence-electron chi connectivity index (χ2n) is 5.09. The van der Waals surface area contributed by atoms with E-state index in [1.807, 2.05) is 0 Å². The number of nitrogens with one attached hydrogen (secondary N) is 1. The van der Waals surface area contributed by atoms with Gasteiger partial charge in [0.25, 0.3) is 0 Å². The lowest BCUT2D eigenvalue weighted by atomic mass is 10.2. The zero-order chi connectivity index (χ0) is 13.7. The van der Waals surface area contributed by atoms with Gasteiger partial charge in [0.15, 0.2) is 0 Å². The van der Waals surface area contributed by atoms with Crippen LogP contribution in [0.5, 0.6) is 0 Å². The summed E-state index contributed by atoms with van der Waals surface area (Å²) in [6.45, 7) is 4.26. The zero-order valence-electron chi connectivity index (χ0n) is 11.7. The Hall–Kier alpha value is -0.840. The van der Waals surface area contributed by atoms with Gasteiger partial charge in [-0.25, -0.2) is 0 Å². The van der Waals surface area contributed by atoms with Crippen LogP contribution >= 0.6 is 15.9 Å². The molecule has 2 rings (SSSR count). The normalized spacial score (nSPS) is 11.6. The summed E-state index contributed by atoms with van der Waals surface area (Å²) in [5.74, 6) is 0. The summed E-state index contributed by atoms with van der Waals surface area (Å²) >= 11 is 3.59. The molecule has 0 bridgehead atoms. The molecule has 1 aromatic carbocycles. The number of hydrogen-bond acceptors (Lipinski definition) is 2. The number of fused-ring (bicyclic) bond motifs is 1. The van der Waals surface area contributed by atoms with Gasteiger partial charge in [0.1, 0.15) is 0 Å². The molecule has 19 heavy (non-hydrogen) atoms. The summed E-state index contributed by atoms with van der Waals surface area (Å²) in [4.78, 5) is 2.22. The molecule has 4 heteroatoms. The third-order valence-electron chi connectivity index (χ3n) is 3.25. The van der Waals surface area contributed by atoms with Gasteiger partial charge < -0.3 is 14.8 Å². The summed E-state index contributed by atoms with van der Waals surface area (Å²) in [6, 6.07) is 8.52. The Bertz CT molecular complexity index is 519. The number of hydrogen-bond donors (Lipinski definition) is 1. The largest absolute Gasteiger partial charge is 0.346 e. The van der Waals surface area contributed by atoms with Gasteiger partial charge in [-0.3, -0.25) is 0 Å². The molecule has 0 saturated carbocycles. The van der Waals surface area contributed by atoms with Crippen LogP contribution in [0, 0.1) is 0 Å². The Morgan fingerprint density at radius 3 is 2.84 bits per heavy atom. The van der Waals surface area contributed by atoms with Gasteiger partial charge in [0, 0.05) is 34.7 Å². The van der Waals surface area contributed by atoms with Gasteiger partial charge in [0.2, 0.25) is 0 Å². The topological polar surface area (TPSA) is 20.2 Å². The van der Waals surface area contributed by atoms with Crippen molar-refractivity contribution in [1.82, 2.24) is 14.8 Å². The first-order chi connectivity index (χ1) is 9.18. The first-order valence-corrected chi connectivity index (χ1v) is 7.56. The molecule has 104 valence electrons. The van der Waals surface area contributed by atoms with E-state index < -0.39 is 0 Å². The minimum atomic E-state index is 1.02. The number of nitrogens with zero attached hydrogens (tertiary/aromatic N) is 2. The van der Waals surface area contributed by atoms with E-state index >= 15 is 0 Å². The number of aromatic nitrogens is 1. The van der Waals surface area contributed by atoms with Gasteiger partial charge in [-0.15, -0.1) is 0 Å². The van der Waals surface area contributed by atoms with Crippen molar-refractivity contribution < 1.29 is 0 Å². The summed E-state index contributed by atoms with van der Waals surface area (Å²) in [6.07, 6.45) is 3.36. The van der Waals surface area contributed by atoms with E-state index in [9.17, 15) is 0 Å². The van der Waals surface area contributed by atoms with Crippen LogP contribution in [0.1, 0.15) is 6.42 Å². The van der Waals surface area contributed by atoms with Crippen LogP contribution in [0.3, 0.4) is 0 Å². The highest BCUT2D eigenvalue weighted by atomic mass is 79.9. The first-order valence-electron chi connectivity index (χ1n) is 6.77. The summed E-state index contributed by atoms with van der Waals surface area (Å²) in [5.41, 5.74) is 1.30. The van der Waals surface area contributed by atoms with Crippen LogP contribution in [0.2, 0.25) is 0 Å². The van der Waals surface area contributed by atoms with Gasteiger partial charge in [-0.1, -0.05) is 22.0 Å². The SMILES string of the molecule is CN(C)CCCNCCn1ccc2c(Br)cccc21. The summed E-state index contributed by atoms with van der Waals surface area (Å²) < 4.78 is 3.47. The van der Waals surface area contributed by atoms with Crippen molar-refractivity contribution in [2.75, 3.05) is 33.7 Å². The van der Waals surface area contributed by atoms with Gasteiger partial charge in [-0.2, -0.15) is 0 Å². The smallest absolute Gasteiger partial charge is 0.0492 e. The molecular weight excluding hydrogens is 302 g/mol. The third kappa shape index (κ3) is 4.06. The first kappa shape index (κ1) is 14.6. The molecule has 0 unspecified atom stereocenters. The fourth-order valence-corrected chi connectivity index (χ4v) is 2.71. The molecule has 0 saturated heterocycles. The molecule has 0 fully saturated rings. The minimum Gasteiger partial charge on any atom is -0.346 e. The highest BCUT2D eigenvalue weighted by Gasteiger charge is 2.02. The Balaban J connectivity index is 1.81. The molecular formula is C15H22BrN3. The second-order valence-corrected chi connectivity index (χ2v) is 5.94. The molecule has 0 aliphatic carbocycles. The van der Waals surface area contributed by atoms with E-state index in [0.717, 1.165) is 26.2 Å². The van der Waals surface area contributed by atoms with Crippen LogP contribution < -0.4 is 5.32 Å². The lowest BCUT2D eigenvalue weighted by Crippen LogP contribution is -2.24. The van der Waals surface area contributed by atoms with E-state index in [-0.39, 0.29) is 0 Å². The maximum absolute atomic E-state index is 3.59. The van der Waals surface area contributed by atoms with E-state index in [4.69, 9.17) is 0 Å². The highest BCUT2D eigenvalue weighted by Crippen LogP contribution is 2.24. The molecule has 0 spiro atoms. The van der Waals surface area contributed by atoms with Crippen molar-refractivity contribution in [2.45, 2.75) is 13.0 Å². The molecule has 3 nitrogen and oxygen atoms in total. The van der Waals surface area contributed by atoms with Gasteiger partial charge >= 0.3 is 0 Å². The average molecular weight is 324 g/mol. The molecule has 0 aliphatic rings. The number of halogens is 1. The predicted molar refractivity (Wildman–Crippen MR) is 85.7 cm³/mol. The van der Waals surface area contributed by atoms with E-state index in [2.05, 4.69) is 75.3 Å². The predicted octanol–water partition coefficient (Wildman–Crippen LogP) is 2.95. The fraction of sp³-hybridized carbons (Fsp3) is 0.467. The lowest BCUT2D eigenvalue weighted by Gasteiger charge is -2.10. The fourth-order valence-electron chi connectivity index (χ4n) is 2.23. The van der Waals surface area contributed by atoms with E-state index in [1.54, 1.807) is 0 Å². The summed E-state index contributed by atoms with van der Waals surface area (Å²) in [5, 5.41) is 4.79. The lowest BCUT2D eigenvalue weighted by molar-refractivity contribution is 0.393. The number of benzene rings is 1. The third-order valence-corrected chi connectivity index (χ3v) is 3.94. The standard InChI is InChI=1S/C15H22BrN3/c1-18(2)10-4-8-17-9-12-19-11-7-13-14(16)5-3-6-15(13)19/h3,5-7,11,17H,4,8-10,12H2,1-2H3. The Labute approximate surface area is 123 Å². The van der Waals surface area contributed by atoms with Crippen molar-refractivity contribution in [2.24, 2.45) is 0 Å². The zero-order valence-corrected chi connectivity index (χ0v) is 13.3. The number of rotatable bonds is 7. The van der Waals surface area contributed by atoms with Crippen LogP contribution in [0.4, 0.5) is 0 Å². The molecule has 1 heterocycles. The van der Waals surface area contributed by atoms with Crippen molar-refractivity contribution in [3.05, 3.63) is 34.9 Å². The molecule has 1 aromatic heterocycles. The quantitative estimate of drug-likeness (QED) is 0.790. The molecule has 1 N–H and O–H groups in total. The van der Waals surface area contributed by atoms with Crippen LogP contribution in [-0.4, -0.2) is 43.2 Å². The Morgan fingerprint density at radius 2 is 2.05 bits per heavy atom. The highest BCUT2D eigenvalue weighted by molar-refractivity contribution is 9.10. The van der Waals surface area contributed by atoms with Crippen LogP contribution in [-0.2, 0) is 6.54 Å².